The van der Waals surface area contributed by atoms with Crippen LogP contribution in [0.3, 0.4) is 0 Å². The molecule has 1 aromatic heterocycles. The van der Waals surface area contributed by atoms with Gasteiger partial charge in [0.2, 0.25) is 0 Å². The maximum atomic E-state index is 6.02. The highest BCUT2D eigenvalue weighted by molar-refractivity contribution is 7.99. The fourth-order valence-electron chi connectivity index (χ4n) is 2.48. The second-order valence-corrected chi connectivity index (χ2v) is 7.31. The summed E-state index contributed by atoms with van der Waals surface area (Å²) in [6.07, 6.45) is 12.1. The second kappa shape index (κ2) is 9.96. The van der Waals surface area contributed by atoms with Gasteiger partial charge >= 0.3 is 0 Å². The Labute approximate surface area is 143 Å². The number of imidazole rings is 1. The Balaban J connectivity index is 1.87. The second-order valence-electron chi connectivity index (χ2n) is 5.56. The standard InChI is InChI=1S/C18H25ClN2S/c1-2-3-4-14-22-18(16-7-9-17(19)10-8-16)6-5-12-21-13-11-20-15-21/h7-11,13,15,18H,2-6,12,14H2,1H3. The lowest BCUT2D eigenvalue weighted by Crippen LogP contribution is -2.00. The third-order valence-corrected chi connectivity index (χ3v) is 5.44. The van der Waals surface area contributed by atoms with Gasteiger partial charge in [0.15, 0.2) is 0 Å². The van der Waals surface area contributed by atoms with Crippen LogP contribution in [0.1, 0.15) is 49.8 Å². The van der Waals surface area contributed by atoms with E-state index in [9.17, 15) is 0 Å². The quantitative estimate of drug-likeness (QED) is 0.496. The van der Waals surface area contributed by atoms with Crippen LogP contribution in [0, 0.1) is 0 Å². The number of nitrogens with zero attached hydrogens (tertiary/aromatic N) is 2. The van der Waals surface area contributed by atoms with Gasteiger partial charge in [-0.25, -0.2) is 4.98 Å². The molecule has 0 saturated heterocycles. The third-order valence-electron chi connectivity index (χ3n) is 3.75. The summed E-state index contributed by atoms with van der Waals surface area (Å²) in [5, 5.41) is 1.38. The average Bonchev–Trinajstić information content (AvgIpc) is 3.04. The predicted octanol–water partition coefficient (Wildman–Crippen LogP) is 5.98. The van der Waals surface area contributed by atoms with Crippen molar-refractivity contribution in [1.82, 2.24) is 9.55 Å². The Morgan fingerprint density at radius 1 is 1.18 bits per heavy atom. The molecular formula is C18H25ClN2S. The number of unbranched alkanes of at least 4 members (excludes halogenated alkanes) is 2. The Morgan fingerprint density at radius 3 is 2.68 bits per heavy atom. The molecule has 1 heterocycles. The molecule has 4 heteroatoms. The normalized spacial score (nSPS) is 12.5. The van der Waals surface area contributed by atoms with Gasteiger partial charge in [-0.15, -0.1) is 0 Å². The molecule has 0 spiro atoms. The van der Waals surface area contributed by atoms with Crippen molar-refractivity contribution < 1.29 is 0 Å². The van der Waals surface area contributed by atoms with Crippen LogP contribution < -0.4 is 0 Å². The molecule has 0 aliphatic carbocycles. The van der Waals surface area contributed by atoms with Gasteiger partial charge in [-0.3, -0.25) is 0 Å². The minimum absolute atomic E-state index is 0.567. The Morgan fingerprint density at radius 2 is 2.00 bits per heavy atom. The minimum atomic E-state index is 0.567. The number of hydrogen-bond acceptors (Lipinski definition) is 2. The first kappa shape index (κ1) is 17.4. The Bertz CT molecular complexity index is 510. The molecule has 0 aliphatic rings. The van der Waals surface area contributed by atoms with Gasteiger partial charge in [0, 0.05) is 29.2 Å². The SMILES string of the molecule is CCCCCSC(CCCn1ccnc1)c1ccc(Cl)cc1. The summed E-state index contributed by atoms with van der Waals surface area (Å²) in [6, 6.07) is 8.37. The van der Waals surface area contributed by atoms with Crippen molar-refractivity contribution in [2.75, 3.05) is 5.75 Å². The van der Waals surface area contributed by atoms with E-state index < -0.39 is 0 Å². The van der Waals surface area contributed by atoms with Gasteiger partial charge in [-0.05, 0) is 42.7 Å². The highest BCUT2D eigenvalue weighted by Gasteiger charge is 2.12. The number of aromatic nitrogens is 2. The molecular weight excluding hydrogens is 312 g/mol. The molecule has 0 bridgehead atoms. The van der Waals surface area contributed by atoms with Crippen molar-refractivity contribution in [3.63, 3.8) is 0 Å². The molecule has 0 aliphatic heterocycles. The molecule has 1 atom stereocenters. The summed E-state index contributed by atoms with van der Waals surface area (Å²) in [5.41, 5.74) is 1.40. The van der Waals surface area contributed by atoms with Crippen molar-refractivity contribution in [3.8, 4) is 0 Å². The van der Waals surface area contributed by atoms with E-state index in [0.29, 0.717) is 5.25 Å². The third kappa shape index (κ3) is 6.05. The van der Waals surface area contributed by atoms with Gasteiger partial charge in [0.1, 0.15) is 0 Å². The van der Waals surface area contributed by atoms with E-state index in [4.69, 9.17) is 11.6 Å². The predicted molar refractivity (Wildman–Crippen MR) is 97.6 cm³/mol. The zero-order chi connectivity index (χ0) is 15.6. The lowest BCUT2D eigenvalue weighted by Gasteiger charge is -2.17. The Kier molecular flexibility index (Phi) is 7.89. The van der Waals surface area contributed by atoms with Crippen molar-refractivity contribution in [2.24, 2.45) is 0 Å². The lowest BCUT2D eigenvalue weighted by molar-refractivity contribution is 0.603. The summed E-state index contributed by atoms with van der Waals surface area (Å²) in [6.45, 7) is 3.30. The van der Waals surface area contributed by atoms with Crippen LogP contribution in [-0.4, -0.2) is 15.3 Å². The first-order valence-electron chi connectivity index (χ1n) is 8.12. The van der Waals surface area contributed by atoms with Gasteiger partial charge in [-0.1, -0.05) is 43.5 Å². The molecule has 2 rings (SSSR count). The molecule has 120 valence electrons. The topological polar surface area (TPSA) is 17.8 Å². The van der Waals surface area contributed by atoms with E-state index in [0.717, 1.165) is 11.6 Å². The molecule has 0 amide bonds. The van der Waals surface area contributed by atoms with Gasteiger partial charge < -0.3 is 4.57 Å². The van der Waals surface area contributed by atoms with E-state index in [-0.39, 0.29) is 0 Å². The van der Waals surface area contributed by atoms with E-state index in [1.54, 1.807) is 0 Å². The van der Waals surface area contributed by atoms with Gasteiger partial charge in [0.25, 0.3) is 0 Å². The fraction of sp³-hybridized carbons (Fsp3) is 0.500. The summed E-state index contributed by atoms with van der Waals surface area (Å²) in [7, 11) is 0. The number of hydrogen-bond donors (Lipinski definition) is 0. The minimum Gasteiger partial charge on any atom is -0.337 e. The molecule has 2 aromatic rings. The summed E-state index contributed by atoms with van der Waals surface area (Å²) in [5.74, 6) is 1.24. The summed E-state index contributed by atoms with van der Waals surface area (Å²) in [4.78, 5) is 4.10. The van der Waals surface area contributed by atoms with E-state index >= 15 is 0 Å². The van der Waals surface area contributed by atoms with Crippen molar-refractivity contribution in [1.29, 1.82) is 0 Å². The number of benzene rings is 1. The first-order chi connectivity index (χ1) is 10.8. The largest absolute Gasteiger partial charge is 0.337 e. The first-order valence-corrected chi connectivity index (χ1v) is 9.55. The number of halogens is 1. The maximum absolute atomic E-state index is 6.02. The number of rotatable bonds is 10. The number of aryl methyl sites for hydroxylation is 1. The van der Waals surface area contributed by atoms with Gasteiger partial charge in [0.05, 0.1) is 6.33 Å². The van der Waals surface area contributed by atoms with Crippen LogP contribution in [0.2, 0.25) is 5.02 Å². The maximum Gasteiger partial charge on any atom is 0.0945 e. The smallest absolute Gasteiger partial charge is 0.0945 e. The van der Waals surface area contributed by atoms with Crippen LogP contribution in [0.4, 0.5) is 0 Å². The van der Waals surface area contributed by atoms with Crippen molar-refractivity contribution in [2.45, 2.75) is 50.8 Å². The zero-order valence-corrected chi connectivity index (χ0v) is 14.8. The van der Waals surface area contributed by atoms with Crippen LogP contribution in [-0.2, 0) is 6.54 Å². The Hall–Kier alpha value is -0.930. The molecule has 0 fully saturated rings. The van der Waals surface area contributed by atoms with Crippen molar-refractivity contribution >= 4 is 23.4 Å². The number of thioether (sulfide) groups is 1. The van der Waals surface area contributed by atoms with Gasteiger partial charge in [-0.2, -0.15) is 11.8 Å². The van der Waals surface area contributed by atoms with E-state index in [2.05, 4.69) is 40.4 Å². The van der Waals surface area contributed by atoms with E-state index in [1.807, 2.05) is 30.9 Å². The highest BCUT2D eigenvalue weighted by atomic mass is 35.5. The molecule has 0 radical (unpaired) electrons. The average molecular weight is 337 g/mol. The summed E-state index contributed by atoms with van der Waals surface area (Å²) >= 11 is 8.11. The highest BCUT2D eigenvalue weighted by Crippen LogP contribution is 2.34. The zero-order valence-electron chi connectivity index (χ0n) is 13.2. The lowest BCUT2D eigenvalue weighted by atomic mass is 10.1. The molecule has 1 aromatic carbocycles. The molecule has 0 saturated carbocycles. The summed E-state index contributed by atoms with van der Waals surface area (Å²) < 4.78 is 2.15. The van der Waals surface area contributed by atoms with Crippen LogP contribution in [0.5, 0.6) is 0 Å². The molecule has 2 nitrogen and oxygen atoms in total. The van der Waals surface area contributed by atoms with Crippen LogP contribution in [0.15, 0.2) is 43.0 Å². The molecule has 1 unspecified atom stereocenters. The van der Waals surface area contributed by atoms with Crippen LogP contribution in [0.25, 0.3) is 0 Å². The van der Waals surface area contributed by atoms with E-state index in [1.165, 1.54) is 43.4 Å². The van der Waals surface area contributed by atoms with Crippen LogP contribution >= 0.6 is 23.4 Å². The fourth-order valence-corrected chi connectivity index (χ4v) is 3.94. The van der Waals surface area contributed by atoms with Crippen molar-refractivity contribution in [3.05, 3.63) is 53.6 Å². The molecule has 0 N–H and O–H groups in total. The molecule has 22 heavy (non-hydrogen) atoms. The monoisotopic (exact) mass is 336 g/mol.